The van der Waals surface area contributed by atoms with Crippen molar-refractivity contribution in [1.29, 1.82) is 0 Å². The molecule has 2 N–H and O–H groups in total. The number of halogens is 1. The number of nitrogens with one attached hydrogen (secondary N) is 2. The van der Waals surface area contributed by atoms with Gasteiger partial charge in [-0.15, -0.1) is 0 Å². The fraction of sp³-hybridized carbons (Fsp3) is 0.462. The van der Waals surface area contributed by atoms with Gasteiger partial charge in [0.2, 0.25) is 0 Å². The molecule has 1 fully saturated rings. The van der Waals surface area contributed by atoms with Gasteiger partial charge in [0.25, 0.3) is 0 Å². The third-order valence-electron chi connectivity index (χ3n) is 3.03. The first-order valence-corrected chi connectivity index (χ1v) is 6.15. The molecule has 1 saturated heterocycles. The summed E-state index contributed by atoms with van der Waals surface area (Å²) in [5.74, 6) is 0.112. The minimum Gasteiger partial charge on any atom is -0.449 e. The van der Waals surface area contributed by atoms with Crippen LogP contribution in [-0.4, -0.2) is 25.8 Å². The molecule has 0 radical (unpaired) electrons. The second-order valence-electron chi connectivity index (χ2n) is 4.39. The van der Waals surface area contributed by atoms with E-state index in [1.807, 2.05) is 0 Å². The predicted octanol–water partition coefficient (Wildman–Crippen LogP) is 2.37. The lowest BCUT2D eigenvalue weighted by molar-refractivity contribution is 0.154. The number of amides is 1. The van der Waals surface area contributed by atoms with Crippen molar-refractivity contribution in [2.45, 2.75) is 12.8 Å². The second-order valence-corrected chi connectivity index (χ2v) is 4.39. The zero-order valence-electron chi connectivity index (χ0n) is 10.1. The Balaban J connectivity index is 1.70. The highest BCUT2D eigenvalue weighted by Crippen LogP contribution is 2.14. The van der Waals surface area contributed by atoms with Crippen molar-refractivity contribution in [2.75, 3.05) is 25.0 Å². The van der Waals surface area contributed by atoms with Crippen LogP contribution in [0.5, 0.6) is 0 Å². The molecule has 0 saturated carbocycles. The first-order valence-electron chi connectivity index (χ1n) is 6.15. The summed E-state index contributed by atoms with van der Waals surface area (Å²) in [7, 11) is 0. The van der Waals surface area contributed by atoms with Crippen LogP contribution in [0.25, 0.3) is 0 Å². The lowest BCUT2D eigenvalue weighted by Gasteiger charge is -2.10. The maximum Gasteiger partial charge on any atom is 0.411 e. The lowest BCUT2D eigenvalue weighted by atomic mass is 10.1. The fourth-order valence-electron chi connectivity index (χ4n) is 1.99. The molecule has 1 heterocycles. The van der Waals surface area contributed by atoms with Crippen LogP contribution in [0.4, 0.5) is 14.9 Å². The Kier molecular flexibility index (Phi) is 4.52. The number of hydrogen-bond donors (Lipinski definition) is 2. The zero-order valence-corrected chi connectivity index (χ0v) is 10.1. The Morgan fingerprint density at radius 1 is 1.50 bits per heavy atom. The number of anilines is 1. The largest absolute Gasteiger partial charge is 0.449 e. The molecule has 1 atom stereocenters. The number of hydrogen-bond acceptors (Lipinski definition) is 3. The summed E-state index contributed by atoms with van der Waals surface area (Å²) in [4.78, 5) is 11.4. The van der Waals surface area contributed by atoms with Crippen LogP contribution in [0.15, 0.2) is 24.3 Å². The molecule has 1 aromatic rings. The van der Waals surface area contributed by atoms with Crippen LogP contribution >= 0.6 is 0 Å². The zero-order chi connectivity index (χ0) is 12.8. The van der Waals surface area contributed by atoms with Gasteiger partial charge in [0, 0.05) is 0 Å². The summed E-state index contributed by atoms with van der Waals surface area (Å²) >= 11 is 0. The van der Waals surface area contributed by atoms with Crippen LogP contribution in [-0.2, 0) is 4.74 Å². The van der Waals surface area contributed by atoms with E-state index in [1.165, 1.54) is 12.1 Å². The van der Waals surface area contributed by atoms with E-state index in [9.17, 15) is 9.18 Å². The maximum absolute atomic E-state index is 13.2. The van der Waals surface area contributed by atoms with E-state index >= 15 is 0 Å². The van der Waals surface area contributed by atoms with E-state index in [0.29, 0.717) is 12.5 Å². The summed E-state index contributed by atoms with van der Waals surface area (Å²) < 4.78 is 18.3. The molecule has 98 valence electrons. The SMILES string of the molecule is O=C(Nc1ccccc1F)OCCC1CCNC1. The smallest absolute Gasteiger partial charge is 0.411 e. The normalized spacial score (nSPS) is 18.6. The summed E-state index contributed by atoms with van der Waals surface area (Å²) in [6, 6.07) is 6.01. The molecule has 2 rings (SSSR count). The van der Waals surface area contributed by atoms with Gasteiger partial charge in [0.1, 0.15) is 5.82 Å². The van der Waals surface area contributed by atoms with Crippen molar-refractivity contribution in [2.24, 2.45) is 5.92 Å². The van der Waals surface area contributed by atoms with Gasteiger partial charge in [0.15, 0.2) is 0 Å². The van der Waals surface area contributed by atoms with Crippen LogP contribution < -0.4 is 10.6 Å². The third-order valence-corrected chi connectivity index (χ3v) is 3.03. The number of carbonyl (C=O) groups excluding carboxylic acids is 1. The summed E-state index contributed by atoms with van der Waals surface area (Å²) in [5.41, 5.74) is 0.144. The predicted molar refractivity (Wildman–Crippen MR) is 67.0 cm³/mol. The second kappa shape index (κ2) is 6.35. The molecule has 1 amide bonds. The summed E-state index contributed by atoms with van der Waals surface area (Å²) in [6.45, 7) is 2.39. The Labute approximate surface area is 106 Å². The molecule has 0 aliphatic carbocycles. The topological polar surface area (TPSA) is 50.4 Å². The van der Waals surface area contributed by atoms with Crippen molar-refractivity contribution in [3.05, 3.63) is 30.1 Å². The average molecular weight is 252 g/mol. The van der Waals surface area contributed by atoms with Crippen LogP contribution in [0.3, 0.4) is 0 Å². The third kappa shape index (κ3) is 3.70. The highest BCUT2D eigenvalue weighted by molar-refractivity contribution is 5.84. The van der Waals surface area contributed by atoms with E-state index in [1.54, 1.807) is 12.1 Å². The van der Waals surface area contributed by atoms with E-state index in [0.717, 1.165) is 25.9 Å². The number of carbonyl (C=O) groups is 1. The molecule has 18 heavy (non-hydrogen) atoms. The highest BCUT2D eigenvalue weighted by atomic mass is 19.1. The van der Waals surface area contributed by atoms with Crippen LogP contribution in [0, 0.1) is 11.7 Å². The quantitative estimate of drug-likeness (QED) is 0.865. The minimum absolute atomic E-state index is 0.144. The number of ether oxygens (including phenoxy) is 1. The summed E-state index contributed by atoms with van der Waals surface area (Å²) in [6.07, 6.45) is 1.36. The molecule has 1 unspecified atom stereocenters. The van der Waals surface area contributed by atoms with Gasteiger partial charge in [0.05, 0.1) is 12.3 Å². The average Bonchev–Trinajstić information content (AvgIpc) is 2.85. The van der Waals surface area contributed by atoms with Gasteiger partial charge in [-0.2, -0.15) is 0 Å². The van der Waals surface area contributed by atoms with E-state index in [4.69, 9.17) is 4.74 Å². The van der Waals surface area contributed by atoms with Crippen molar-refractivity contribution in [3.8, 4) is 0 Å². The molecule has 5 heteroatoms. The Morgan fingerprint density at radius 3 is 3.06 bits per heavy atom. The first-order chi connectivity index (χ1) is 8.75. The number of benzene rings is 1. The van der Waals surface area contributed by atoms with E-state index in [-0.39, 0.29) is 5.69 Å². The monoisotopic (exact) mass is 252 g/mol. The molecule has 1 aromatic carbocycles. The van der Waals surface area contributed by atoms with Crippen molar-refractivity contribution in [1.82, 2.24) is 5.32 Å². The molecular formula is C13H17FN2O2. The molecular weight excluding hydrogens is 235 g/mol. The molecule has 1 aliphatic rings. The van der Waals surface area contributed by atoms with Crippen molar-refractivity contribution >= 4 is 11.8 Å². The molecule has 0 spiro atoms. The van der Waals surface area contributed by atoms with Gasteiger partial charge in [-0.05, 0) is 44.0 Å². The van der Waals surface area contributed by atoms with Gasteiger partial charge in [-0.25, -0.2) is 9.18 Å². The van der Waals surface area contributed by atoms with Gasteiger partial charge < -0.3 is 10.1 Å². The lowest BCUT2D eigenvalue weighted by Crippen LogP contribution is -2.17. The van der Waals surface area contributed by atoms with E-state index < -0.39 is 11.9 Å². The van der Waals surface area contributed by atoms with E-state index in [2.05, 4.69) is 10.6 Å². The molecule has 4 nitrogen and oxygen atoms in total. The fourth-order valence-corrected chi connectivity index (χ4v) is 1.99. The van der Waals surface area contributed by atoms with Crippen molar-refractivity contribution in [3.63, 3.8) is 0 Å². The van der Waals surface area contributed by atoms with Crippen molar-refractivity contribution < 1.29 is 13.9 Å². The van der Waals surface area contributed by atoms with Gasteiger partial charge in [-0.3, -0.25) is 5.32 Å². The first kappa shape index (κ1) is 12.8. The number of rotatable bonds is 4. The molecule has 0 aromatic heterocycles. The Hall–Kier alpha value is -1.62. The van der Waals surface area contributed by atoms with Crippen LogP contribution in [0.2, 0.25) is 0 Å². The minimum atomic E-state index is -0.606. The standard InChI is InChI=1S/C13H17FN2O2/c14-11-3-1-2-4-12(11)16-13(17)18-8-6-10-5-7-15-9-10/h1-4,10,15H,5-9H2,(H,16,17). The number of para-hydroxylation sites is 1. The maximum atomic E-state index is 13.2. The highest BCUT2D eigenvalue weighted by Gasteiger charge is 2.15. The summed E-state index contributed by atoms with van der Waals surface area (Å²) in [5, 5.41) is 5.64. The van der Waals surface area contributed by atoms with Crippen LogP contribution in [0.1, 0.15) is 12.8 Å². The molecule has 1 aliphatic heterocycles. The molecule has 0 bridgehead atoms. The van der Waals surface area contributed by atoms with Gasteiger partial charge in [-0.1, -0.05) is 12.1 Å². The Morgan fingerprint density at radius 2 is 2.33 bits per heavy atom. The van der Waals surface area contributed by atoms with Gasteiger partial charge >= 0.3 is 6.09 Å². The Bertz CT molecular complexity index is 406.